The topological polar surface area (TPSA) is 29.9 Å². The van der Waals surface area contributed by atoms with Crippen LogP contribution >= 0.6 is 0 Å². The number of unbranched alkanes of at least 4 members (excludes halogenated alkanes) is 1. The summed E-state index contributed by atoms with van der Waals surface area (Å²) in [5.74, 6) is 0. The molecular formula is C14H21N3. The molecule has 0 aliphatic rings. The van der Waals surface area contributed by atoms with Gasteiger partial charge in [-0.3, -0.25) is 0 Å². The molecule has 2 aromatic rings. The number of rotatable bonds is 7. The first-order valence-electron chi connectivity index (χ1n) is 6.52. The predicted octanol–water partition coefficient (Wildman–Crippen LogP) is 2.82. The van der Waals surface area contributed by atoms with Crippen LogP contribution in [0.2, 0.25) is 0 Å². The van der Waals surface area contributed by atoms with Gasteiger partial charge in [-0.05, 0) is 44.5 Å². The third-order valence-electron chi connectivity index (χ3n) is 2.96. The molecule has 92 valence electrons. The van der Waals surface area contributed by atoms with E-state index >= 15 is 0 Å². The van der Waals surface area contributed by atoms with Gasteiger partial charge in [-0.1, -0.05) is 19.1 Å². The van der Waals surface area contributed by atoms with E-state index in [1.807, 2.05) is 12.4 Å². The third kappa shape index (κ3) is 3.30. The molecule has 0 amide bonds. The number of hydrogen-bond donors (Lipinski definition) is 1. The molecule has 0 saturated heterocycles. The van der Waals surface area contributed by atoms with E-state index in [0.29, 0.717) is 0 Å². The number of benzene rings is 1. The Hall–Kier alpha value is -1.35. The minimum Gasteiger partial charge on any atom is -0.331 e. The smallest absolute Gasteiger partial charge is 0.0958 e. The first-order valence-corrected chi connectivity index (χ1v) is 6.52. The average molecular weight is 231 g/mol. The van der Waals surface area contributed by atoms with Gasteiger partial charge >= 0.3 is 0 Å². The SMILES string of the molecule is CCCNCCCCn1cnc2ccccc21. The molecule has 0 spiro atoms. The maximum atomic E-state index is 4.39. The summed E-state index contributed by atoms with van der Waals surface area (Å²) in [6.07, 6.45) is 5.60. The van der Waals surface area contributed by atoms with Gasteiger partial charge in [0.15, 0.2) is 0 Å². The summed E-state index contributed by atoms with van der Waals surface area (Å²) in [6.45, 7) is 5.52. The van der Waals surface area contributed by atoms with Crippen molar-refractivity contribution in [2.75, 3.05) is 13.1 Å². The van der Waals surface area contributed by atoms with E-state index in [-0.39, 0.29) is 0 Å². The number of aryl methyl sites for hydroxylation is 1. The Kier molecular flexibility index (Phi) is 4.56. The molecule has 1 aromatic heterocycles. The standard InChI is InChI=1S/C14H21N3/c1-2-9-15-10-5-6-11-17-12-16-13-7-3-4-8-14(13)17/h3-4,7-8,12,15H,2,5-6,9-11H2,1H3. The van der Waals surface area contributed by atoms with E-state index in [1.54, 1.807) is 0 Å². The Bertz CT molecular complexity index is 447. The predicted molar refractivity (Wildman–Crippen MR) is 72.1 cm³/mol. The minimum atomic E-state index is 1.06. The van der Waals surface area contributed by atoms with Gasteiger partial charge in [0.05, 0.1) is 17.4 Å². The van der Waals surface area contributed by atoms with E-state index in [4.69, 9.17) is 0 Å². The third-order valence-corrected chi connectivity index (χ3v) is 2.96. The van der Waals surface area contributed by atoms with Crippen molar-refractivity contribution in [2.45, 2.75) is 32.7 Å². The lowest BCUT2D eigenvalue weighted by molar-refractivity contribution is 0.573. The maximum absolute atomic E-state index is 4.39. The van der Waals surface area contributed by atoms with Crippen LogP contribution in [0.4, 0.5) is 0 Å². The highest BCUT2D eigenvalue weighted by molar-refractivity contribution is 5.74. The second-order valence-corrected chi connectivity index (χ2v) is 4.38. The second kappa shape index (κ2) is 6.40. The average Bonchev–Trinajstić information content (AvgIpc) is 2.77. The molecular weight excluding hydrogens is 210 g/mol. The molecule has 0 saturated carbocycles. The van der Waals surface area contributed by atoms with Gasteiger partial charge in [0.1, 0.15) is 0 Å². The normalized spacial score (nSPS) is 11.1. The first-order chi connectivity index (χ1) is 8.42. The van der Waals surface area contributed by atoms with Gasteiger partial charge in [0.25, 0.3) is 0 Å². The summed E-state index contributed by atoms with van der Waals surface area (Å²) in [7, 11) is 0. The fraction of sp³-hybridized carbons (Fsp3) is 0.500. The molecule has 3 nitrogen and oxygen atoms in total. The number of aromatic nitrogens is 2. The van der Waals surface area contributed by atoms with Gasteiger partial charge in [-0.25, -0.2) is 4.98 Å². The molecule has 2 rings (SSSR count). The van der Waals surface area contributed by atoms with Crippen LogP contribution in [0.25, 0.3) is 11.0 Å². The summed E-state index contributed by atoms with van der Waals surface area (Å²) in [4.78, 5) is 4.39. The lowest BCUT2D eigenvalue weighted by Crippen LogP contribution is -2.16. The maximum Gasteiger partial charge on any atom is 0.0958 e. The molecule has 0 radical (unpaired) electrons. The zero-order chi connectivity index (χ0) is 11.9. The van der Waals surface area contributed by atoms with E-state index in [1.165, 1.54) is 24.8 Å². The summed E-state index contributed by atoms with van der Waals surface area (Å²) >= 11 is 0. The van der Waals surface area contributed by atoms with E-state index in [2.05, 4.69) is 40.0 Å². The van der Waals surface area contributed by atoms with Crippen molar-refractivity contribution in [1.29, 1.82) is 0 Å². The van der Waals surface area contributed by atoms with Crippen LogP contribution in [0.5, 0.6) is 0 Å². The van der Waals surface area contributed by atoms with Crippen LogP contribution < -0.4 is 5.32 Å². The number of nitrogens with zero attached hydrogens (tertiary/aromatic N) is 2. The van der Waals surface area contributed by atoms with Crippen LogP contribution in [0.3, 0.4) is 0 Å². The second-order valence-electron chi connectivity index (χ2n) is 4.38. The van der Waals surface area contributed by atoms with Crippen LogP contribution in [-0.2, 0) is 6.54 Å². The quantitative estimate of drug-likeness (QED) is 0.743. The lowest BCUT2D eigenvalue weighted by Gasteiger charge is -2.05. The zero-order valence-corrected chi connectivity index (χ0v) is 10.5. The number of para-hydroxylation sites is 2. The lowest BCUT2D eigenvalue weighted by atomic mass is 10.3. The Labute approximate surface area is 103 Å². The number of imidazole rings is 1. The molecule has 0 aliphatic heterocycles. The van der Waals surface area contributed by atoms with Crippen molar-refractivity contribution >= 4 is 11.0 Å². The molecule has 1 aromatic carbocycles. The molecule has 0 bridgehead atoms. The van der Waals surface area contributed by atoms with Gasteiger partial charge in [-0.15, -0.1) is 0 Å². The molecule has 0 aliphatic carbocycles. The van der Waals surface area contributed by atoms with Gasteiger partial charge < -0.3 is 9.88 Å². The molecule has 1 heterocycles. The highest BCUT2D eigenvalue weighted by Crippen LogP contribution is 2.12. The first kappa shape index (κ1) is 12.1. The van der Waals surface area contributed by atoms with Gasteiger partial charge in [0, 0.05) is 6.54 Å². The van der Waals surface area contributed by atoms with Gasteiger partial charge in [-0.2, -0.15) is 0 Å². The summed E-state index contributed by atoms with van der Waals surface area (Å²) in [6, 6.07) is 8.31. The van der Waals surface area contributed by atoms with Crippen LogP contribution in [0.15, 0.2) is 30.6 Å². The van der Waals surface area contributed by atoms with Crippen LogP contribution in [-0.4, -0.2) is 22.6 Å². The fourth-order valence-electron chi connectivity index (χ4n) is 2.02. The zero-order valence-electron chi connectivity index (χ0n) is 10.5. The number of fused-ring (bicyclic) bond motifs is 1. The number of hydrogen-bond acceptors (Lipinski definition) is 2. The number of nitrogens with one attached hydrogen (secondary N) is 1. The Morgan fingerprint density at radius 1 is 1.18 bits per heavy atom. The van der Waals surface area contributed by atoms with Crippen molar-refractivity contribution < 1.29 is 0 Å². The monoisotopic (exact) mass is 231 g/mol. The molecule has 0 atom stereocenters. The van der Waals surface area contributed by atoms with Crippen LogP contribution in [0.1, 0.15) is 26.2 Å². The van der Waals surface area contributed by atoms with Crippen molar-refractivity contribution in [3.63, 3.8) is 0 Å². The Balaban J connectivity index is 1.79. The summed E-state index contributed by atoms with van der Waals surface area (Å²) < 4.78 is 2.25. The molecule has 17 heavy (non-hydrogen) atoms. The summed E-state index contributed by atoms with van der Waals surface area (Å²) in [5.41, 5.74) is 2.34. The van der Waals surface area contributed by atoms with Gasteiger partial charge in [0.2, 0.25) is 0 Å². The Morgan fingerprint density at radius 2 is 2.06 bits per heavy atom. The molecule has 0 fully saturated rings. The van der Waals surface area contributed by atoms with E-state index in [9.17, 15) is 0 Å². The van der Waals surface area contributed by atoms with E-state index in [0.717, 1.165) is 25.2 Å². The van der Waals surface area contributed by atoms with E-state index < -0.39 is 0 Å². The van der Waals surface area contributed by atoms with Crippen molar-refractivity contribution in [3.05, 3.63) is 30.6 Å². The van der Waals surface area contributed by atoms with Crippen molar-refractivity contribution in [3.8, 4) is 0 Å². The fourth-order valence-corrected chi connectivity index (χ4v) is 2.02. The van der Waals surface area contributed by atoms with Crippen LogP contribution in [0, 0.1) is 0 Å². The largest absolute Gasteiger partial charge is 0.331 e. The Morgan fingerprint density at radius 3 is 2.94 bits per heavy atom. The van der Waals surface area contributed by atoms with Crippen molar-refractivity contribution in [1.82, 2.24) is 14.9 Å². The highest BCUT2D eigenvalue weighted by atomic mass is 15.0. The minimum absolute atomic E-state index is 1.06. The molecule has 3 heteroatoms. The summed E-state index contributed by atoms with van der Waals surface area (Å²) in [5, 5.41) is 3.43. The van der Waals surface area contributed by atoms with Crippen molar-refractivity contribution in [2.24, 2.45) is 0 Å². The highest BCUT2D eigenvalue weighted by Gasteiger charge is 2.00. The molecule has 0 unspecified atom stereocenters. The molecule has 1 N–H and O–H groups in total.